The molecule has 0 unspecified atom stereocenters. The predicted octanol–water partition coefficient (Wildman–Crippen LogP) is 5.41. The van der Waals surface area contributed by atoms with Crippen LogP contribution in [0.3, 0.4) is 0 Å². The van der Waals surface area contributed by atoms with Gasteiger partial charge in [-0.2, -0.15) is 0 Å². The van der Waals surface area contributed by atoms with E-state index < -0.39 is 0 Å². The minimum absolute atomic E-state index is 0.368. The number of phenolic OH excluding ortho intramolecular Hbond substituents is 1. The molecule has 3 aliphatic rings. The van der Waals surface area contributed by atoms with E-state index in [1.165, 1.54) is 50.5 Å². The largest absolute Gasteiger partial charge is 0.508 e. The Kier molecular flexibility index (Phi) is 4.47. The van der Waals surface area contributed by atoms with Crippen molar-refractivity contribution in [2.75, 3.05) is 6.54 Å². The lowest BCUT2D eigenvalue weighted by Crippen LogP contribution is -2.46. The highest BCUT2D eigenvalue weighted by Gasteiger charge is 2.52. The van der Waals surface area contributed by atoms with Gasteiger partial charge in [-0.05, 0) is 90.5 Å². The second-order valence-corrected chi connectivity index (χ2v) is 9.18. The Labute approximate surface area is 163 Å². The SMILES string of the molecule is Oc1cccc(CNC[C@@]23CCC[C@H]2[C@@H]2CCc4ccccc4[C@H]2CC3)c1. The Morgan fingerprint density at radius 3 is 2.85 bits per heavy atom. The minimum Gasteiger partial charge on any atom is -0.508 e. The van der Waals surface area contributed by atoms with Crippen molar-refractivity contribution in [3.63, 3.8) is 0 Å². The van der Waals surface area contributed by atoms with Gasteiger partial charge < -0.3 is 10.4 Å². The smallest absolute Gasteiger partial charge is 0.115 e. The Morgan fingerprint density at radius 1 is 1.00 bits per heavy atom. The Hall–Kier alpha value is -1.80. The number of hydrogen-bond donors (Lipinski definition) is 2. The van der Waals surface area contributed by atoms with Crippen LogP contribution in [-0.4, -0.2) is 11.7 Å². The molecule has 2 fully saturated rings. The fourth-order valence-electron chi connectivity index (χ4n) is 6.75. The molecule has 0 bridgehead atoms. The molecule has 142 valence electrons. The van der Waals surface area contributed by atoms with E-state index in [0.29, 0.717) is 11.2 Å². The summed E-state index contributed by atoms with van der Waals surface area (Å²) in [4.78, 5) is 0. The second-order valence-electron chi connectivity index (χ2n) is 9.18. The van der Waals surface area contributed by atoms with Crippen LogP contribution >= 0.6 is 0 Å². The van der Waals surface area contributed by atoms with Crippen LogP contribution < -0.4 is 5.32 Å². The monoisotopic (exact) mass is 361 g/mol. The Balaban J connectivity index is 1.31. The van der Waals surface area contributed by atoms with Crippen molar-refractivity contribution in [1.29, 1.82) is 0 Å². The molecule has 0 radical (unpaired) electrons. The fraction of sp³-hybridized carbons (Fsp3) is 0.520. The average molecular weight is 362 g/mol. The third-order valence-corrected chi connectivity index (χ3v) is 7.88. The zero-order chi connectivity index (χ0) is 18.3. The molecule has 0 saturated heterocycles. The van der Waals surface area contributed by atoms with Crippen LogP contribution in [0, 0.1) is 17.3 Å². The van der Waals surface area contributed by atoms with Gasteiger partial charge in [-0.15, -0.1) is 0 Å². The first-order chi connectivity index (χ1) is 13.3. The Morgan fingerprint density at radius 2 is 1.93 bits per heavy atom. The first-order valence-electron chi connectivity index (χ1n) is 10.8. The highest BCUT2D eigenvalue weighted by molar-refractivity contribution is 5.35. The van der Waals surface area contributed by atoms with Gasteiger partial charge in [0, 0.05) is 13.1 Å². The number of nitrogens with one attached hydrogen (secondary N) is 1. The quantitative estimate of drug-likeness (QED) is 0.763. The van der Waals surface area contributed by atoms with Crippen LogP contribution in [0.1, 0.15) is 61.1 Å². The summed E-state index contributed by atoms with van der Waals surface area (Å²) in [6.45, 7) is 2.00. The summed E-state index contributed by atoms with van der Waals surface area (Å²) in [5, 5.41) is 13.5. The molecule has 0 aliphatic heterocycles. The van der Waals surface area contributed by atoms with Crippen molar-refractivity contribution in [1.82, 2.24) is 5.32 Å². The van der Waals surface area contributed by atoms with E-state index in [0.717, 1.165) is 30.8 Å². The topological polar surface area (TPSA) is 32.3 Å². The van der Waals surface area contributed by atoms with Crippen LogP contribution in [0.15, 0.2) is 48.5 Å². The summed E-state index contributed by atoms with van der Waals surface area (Å²) >= 11 is 0. The molecule has 2 N–H and O–H groups in total. The molecule has 2 aromatic carbocycles. The molecule has 0 aromatic heterocycles. The van der Waals surface area contributed by atoms with Gasteiger partial charge in [0.1, 0.15) is 5.75 Å². The van der Waals surface area contributed by atoms with E-state index >= 15 is 0 Å². The molecule has 2 nitrogen and oxygen atoms in total. The second kappa shape index (κ2) is 6.98. The first-order valence-corrected chi connectivity index (χ1v) is 10.8. The van der Waals surface area contributed by atoms with Crippen LogP contribution in [0.5, 0.6) is 5.75 Å². The third kappa shape index (κ3) is 3.08. The van der Waals surface area contributed by atoms with Crippen molar-refractivity contribution in [2.45, 2.75) is 57.4 Å². The molecule has 2 saturated carbocycles. The van der Waals surface area contributed by atoms with Crippen LogP contribution in [0.2, 0.25) is 0 Å². The number of phenols is 1. The normalized spacial score (nSPS) is 31.8. The fourth-order valence-corrected chi connectivity index (χ4v) is 6.75. The molecule has 0 heterocycles. The van der Waals surface area contributed by atoms with Crippen molar-refractivity contribution in [3.8, 4) is 5.75 Å². The first kappa shape index (κ1) is 17.3. The van der Waals surface area contributed by atoms with Crippen molar-refractivity contribution >= 4 is 0 Å². The molecule has 0 amide bonds. The average Bonchev–Trinajstić information content (AvgIpc) is 3.12. The lowest BCUT2D eigenvalue weighted by atomic mass is 9.55. The molecule has 27 heavy (non-hydrogen) atoms. The minimum atomic E-state index is 0.368. The van der Waals surface area contributed by atoms with Crippen LogP contribution in [0.25, 0.3) is 0 Å². The number of aromatic hydroxyl groups is 1. The van der Waals surface area contributed by atoms with Gasteiger partial charge in [0.15, 0.2) is 0 Å². The highest BCUT2D eigenvalue weighted by atomic mass is 16.3. The number of fused-ring (bicyclic) bond motifs is 5. The molecule has 2 aromatic rings. The lowest BCUT2D eigenvalue weighted by molar-refractivity contribution is 0.0438. The molecule has 2 heteroatoms. The summed E-state index contributed by atoms with van der Waals surface area (Å²) in [6.07, 6.45) is 9.64. The lowest BCUT2D eigenvalue weighted by Gasteiger charge is -2.51. The molecule has 3 aliphatic carbocycles. The third-order valence-electron chi connectivity index (χ3n) is 7.88. The van der Waals surface area contributed by atoms with Crippen LogP contribution in [0.4, 0.5) is 0 Å². The predicted molar refractivity (Wildman–Crippen MR) is 110 cm³/mol. The number of hydrogen-bond acceptors (Lipinski definition) is 2. The van der Waals surface area contributed by atoms with E-state index in [1.807, 2.05) is 12.1 Å². The molecule has 4 atom stereocenters. The maximum Gasteiger partial charge on any atom is 0.115 e. The molecular formula is C25H31NO. The van der Waals surface area contributed by atoms with E-state index in [2.05, 4.69) is 35.6 Å². The highest BCUT2D eigenvalue weighted by Crippen LogP contribution is 2.60. The van der Waals surface area contributed by atoms with Crippen molar-refractivity contribution < 1.29 is 5.11 Å². The van der Waals surface area contributed by atoms with E-state index in [-0.39, 0.29) is 0 Å². The van der Waals surface area contributed by atoms with Gasteiger partial charge >= 0.3 is 0 Å². The molecule has 0 spiro atoms. The molecule has 5 rings (SSSR count). The van der Waals surface area contributed by atoms with Gasteiger partial charge in [-0.1, -0.05) is 42.8 Å². The Bertz CT molecular complexity index is 815. The summed E-state index contributed by atoms with van der Waals surface area (Å²) in [6, 6.07) is 16.9. The molecular weight excluding hydrogens is 330 g/mol. The van der Waals surface area contributed by atoms with Gasteiger partial charge in [-0.3, -0.25) is 0 Å². The van der Waals surface area contributed by atoms with Gasteiger partial charge in [0.2, 0.25) is 0 Å². The number of benzene rings is 2. The van der Waals surface area contributed by atoms with Crippen molar-refractivity contribution in [2.24, 2.45) is 17.3 Å². The maximum atomic E-state index is 9.69. The zero-order valence-corrected chi connectivity index (χ0v) is 16.2. The maximum absolute atomic E-state index is 9.69. The van der Waals surface area contributed by atoms with Gasteiger partial charge in [-0.25, -0.2) is 0 Å². The number of aryl methyl sites for hydroxylation is 1. The van der Waals surface area contributed by atoms with E-state index in [4.69, 9.17) is 0 Å². The summed E-state index contributed by atoms with van der Waals surface area (Å²) < 4.78 is 0. The van der Waals surface area contributed by atoms with Gasteiger partial charge in [0.25, 0.3) is 0 Å². The van der Waals surface area contributed by atoms with Crippen molar-refractivity contribution in [3.05, 3.63) is 65.2 Å². The van der Waals surface area contributed by atoms with Crippen LogP contribution in [-0.2, 0) is 13.0 Å². The van der Waals surface area contributed by atoms with Gasteiger partial charge in [0.05, 0.1) is 0 Å². The van der Waals surface area contributed by atoms with E-state index in [9.17, 15) is 5.11 Å². The zero-order valence-electron chi connectivity index (χ0n) is 16.2. The standard InChI is InChI=1S/C25H31NO/c27-20-7-3-5-18(15-20)16-26-17-25-13-4-9-24(25)23-11-10-19-6-1-2-8-21(19)22(23)12-14-25/h1-3,5-8,15,22-24,26-27H,4,9-14,16-17H2/t22-,23-,24+,25+/m1/s1. The summed E-state index contributed by atoms with van der Waals surface area (Å²) in [5.41, 5.74) is 4.97. The summed E-state index contributed by atoms with van der Waals surface area (Å²) in [7, 11) is 0. The van der Waals surface area contributed by atoms with E-state index in [1.54, 1.807) is 17.2 Å². The number of rotatable bonds is 4. The summed E-state index contributed by atoms with van der Waals surface area (Å²) in [5.74, 6) is 2.95.